The Morgan fingerprint density at radius 1 is 1.12 bits per heavy atom. The number of fused-ring (bicyclic) bond motifs is 1. The van der Waals surface area contributed by atoms with Gasteiger partial charge in [-0.25, -0.2) is 4.98 Å². The molecule has 1 heterocycles. The number of anilines is 1. The van der Waals surface area contributed by atoms with Gasteiger partial charge in [-0.3, -0.25) is 0 Å². The number of aromatic nitrogens is 2. The van der Waals surface area contributed by atoms with Gasteiger partial charge in [0.05, 0.1) is 17.6 Å². The molecule has 0 aliphatic heterocycles. The van der Waals surface area contributed by atoms with E-state index in [2.05, 4.69) is 18.4 Å². The number of para-hydroxylation sites is 2. The van der Waals surface area contributed by atoms with E-state index < -0.39 is 6.10 Å². The maximum atomic E-state index is 10.4. The first-order valence-corrected chi connectivity index (χ1v) is 8.16. The molecule has 0 radical (unpaired) electrons. The van der Waals surface area contributed by atoms with Crippen molar-refractivity contribution in [1.29, 1.82) is 0 Å². The lowest BCUT2D eigenvalue weighted by molar-refractivity contribution is 0.0925. The van der Waals surface area contributed by atoms with Crippen molar-refractivity contribution in [3.05, 3.63) is 54.4 Å². The Hall–Kier alpha value is -2.53. The van der Waals surface area contributed by atoms with Crippen molar-refractivity contribution in [2.45, 2.75) is 32.4 Å². The van der Waals surface area contributed by atoms with E-state index in [1.54, 1.807) is 24.3 Å². The topological polar surface area (TPSA) is 73.3 Å². The van der Waals surface area contributed by atoms with E-state index in [1.807, 2.05) is 24.3 Å². The summed E-state index contributed by atoms with van der Waals surface area (Å²) in [5.74, 6) is 1.95. The summed E-state index contributed by atoms with van der Waals surface area (Å²) in [4.78, 5) is 4.69. The van der Waals surface area contributed by atoms with Gasteiger partial charge < -0.3 is 20.1 Å². The number of ether oxygens (including phenoxy) is 1. The molecule has 0 saturated heterocycles. The van der Waals surface area contributed by atoms with Crippen molar-refractivity contribution < 1.29 is 9.84 Å². The Labute approximate surface area is 141 Å². The van der Waals surface area contributed by atoms with Crippen molar-refractivity contribution in [2.24, 2.45) is 0 Å². The summed E-state index contributed by atoms with van der Waals surface area (Å²) in [6.45, 7) is 4.88. The Kier molecular flexibility index (Phi) is 4.71. The molecule has 24 heavy (non-hydrogen) atoms. The highest BCUT2D eigenvalue weighted by Crippen LogP contribution is 2.22. The van der Waals surface area contributed by atoms with Crippen LogP contribution in [0.4, 0.5) is 5.69 Å². The number of benzene rings is 2. The van der Waals surface area contributed by atoms with Gasteiger partial charge in [0.2, 0.25) is 0 Å². The second kappa shape index (κ2) is 6.93. The molecule has 0 aliphatic carbocycles. The monoisotopic (exact) mass is 325 g/mol. The van der Waals surface area contributed by atoms with Crippen LogP contribution in [0.5, 0.6) is 5.75 Å². The van der Waals surface area contributed by atoms with Crippen molar-refractivity contribution in [3.8, 4) is 5.75 Å². The number of aliphatic hydroxyl groups excluding tert-OH is 1. The molecule has 0 saturated carbocycles. The number of nitrogens with zero attached hydrogens (tertiary/aromatic N) is 2. The molecule has 3 aromatic rings. The van der Waals surface area contributed by atoms with Crippen LogP contribution >= 0.6 is 0 Å². The van der Waals surface area contributed by atoms with Crippen LogP contribution in [-0.2, 0) is 6.54 Å². The van der Waals surface area contributed by atoms with Crippen LogP contribution in [0.25, 0.3) is 11.0 Å². The summed E-state index contributed by atoms with van der Waals surface area (Å²) in [6.07, 6.45) is -0.627. The number of aliphatic hydroxyl groups is 1. The lowest BCUT2D eigenvalue weighted by Crippen LogP contribution is -2.24. The van der Waals surface area contributed by atoms with E-state index in [9.17, 15) is 5.11 Å². The molecule has 3 rings (SSSR count). The molecule has 0 bridgehead atoms. The van der Waals surface area contributed by atoms with Gasteiger partial charge in [0.25, 0.3) is 0 Å². The smallest absolute Gasteiger partial charge is 0.119 e. The maximum Gasteiger partial charge on any atom is 0.119 e. The molecule has 5 heteroatoms. The van der Waals surface area contributed by atoms with Crippen LogP contribution in [0.15, 0.2) is 48.5 Å². The van der Waals surface area contributed by atoms with Gasteiger partial charge in [0.1, 0.15) is 24.3 Å². The van der Waals surface area contributed by atoms with Crippen molar-refractivity contribution in [3.63, 3.8) is 0 Å². The van der Waals surface area contributed by atoms with E-state index in [0.717, 1.165) is 16.9 Å². The number of nitrogens with two attached hydrogens (primary N) is 1. The number of rotatable bonds is 6. The highest BCUT2D eigenvalue weighted by Gasteiger charge is 2.16. The van der Waals surface area contributed by atoms with Crippen LogP contribution in [0.2, 0.25) is 0 Å². The van der Waals surface area contributed by atoms with Crippen LogP contribution < -0.4 is 10.5 Å². The quantitative estimate of drug-likeness (QED) is 0.683. The molecule has 0 spiro atoms. The first-order chi connectivity index (χ1) is 11.5. The molecule has 1 unspecified atom stereocenters. The molecule has 5 nitrogen and oxygen atoms in total. The second-order valence-electron chi connectivity index (χ2n) is 6.26. The molecular weight excluding hydrogens is 302 g/mol. The summed E-state index contributed by atoms with van der Waals surface area (Å²) < 4.78 is 7.73. The van der Waals surface area contributed by atoms with E-state index in [0.29, 0.717) is 18.0 Å². The SMILES string of the molecule is CC(C)c1nc2ccccc2n1CC(O)COc1ccc(N)cc1. The summed E-state index contributed by atoms with van der Waals surface area (Å²) in [5, 5.41) is 10.4. The molecule has 2 aromatic carbocycles. The lowest BCUT2D eigenvalue weighted by Gasteiger charge is -2.17. The zero-order valence-electron chi connectivity index (χ0n) is 14.0. The fourth-order valence-electron chi connectivity index (χ4n) is 2.75. The molecule has 0 aliphatic rings. The van der Waals surface area contributed by atoms with Crippen LogP contribution in [0.1, 0.15) is 25.6 Å². The van der Waals surface area contributed by atoms with Gasteiger partial charge in [-0.2, -0.15) is 0 Å². The number of hydrogen-bond donors (Lipinski definition) is 2. The number of hydrogen-bond acceptors (Lipinski definition) is 4. The van der Waals surface area contributed by atoms with E-state index >= 15 is 0 Å². The van der Waals surface area contributed by atoms with Gasteiger partial charge >= 0.3 is 0 Å². The molecule has 1 atom stereocenters. The minimum Gasteiger partial charge on any atom is -0.491 e. The largest absolute Gasteiger partial charge is 0.491 e. The molecule has 0 amide bonds. The first-order valence-electron chi connectivity index (χ1n) is 8.16. The predicted molar refractivity (Wildman–Crippen MR) is 96.2 cm³/mol. The highest BCUT2D eigenvalue weighted by molar-refractivity contribution is 5.76. The standard InChI is InChI=1S/C19H23N3O2/c1-13(2)19-21-17-5-3-4-6-18(17)22(19)11-15(23)12-24-16-9-7-14(20)8-10-16/h3-10,13,15,23H,11-12,20H2,1-2H3. The van der Waals surface area contributed by atoms with Gasteiger partial charge in [-0.1, -0.05) is 26.0 Å². The molecule has 126 valence electrons. The Balaban J connectivity index is 1.73. The summed E-state index contributed by atoms with van der Waals surface area (Å²) in [6, 6.07) is 15.1. The van der Waals surface area contributed by atoms with Gasteiger partial charge in [0.15, 0.2) is 0 Å². The average molecular weight is 325 g/mol. The Morgan fingerprint density at radius 3 is 2.54 bits per heavy atom. The van der Waals surface area contributed by atoms with Crippen molar-refractivity contribution in [1.82, 2.24) is 9.55 Å². The van der Waals surface area contributed by atoms with Crippen LogP contribution in [0.3, 0.4) is 0 Å². The zero-order valence-corrected chi connectivity index (χ0v) is 14.0. The van der Waals surface area contributed by atoms with E-state index in [-0.39, 0.29) is 12.5 Å². The minimum atomic E-state index is -0.627. The fraction of sp³-hybridized carbons (Fsp3) is 0.316. The van der Waals surface area contributed by atoms with Crippen molar-refractivity contribution in [2.75, 3.05) is 12.3 Å². The first kappa shape index (κ1) is 16.3. The second-order valence-corrected chi connectivity index (χ2v) is 6.26. The third-order valence-electron chi connectivity index (χ3n) is 3.92. The fourth-order valence-corrected chi connectivity index (χ4v) is 2.75. The Bertz CT molecular complexity index is 809. The summed E-state index contributed by atoms with van der Waals surface area (Å²) >= 11 is 0. The van der Waals surface area contributed by atoms with E-state index in [4.69, 9.17) is 15.5 Å². The highest BCUT2D eigenvalue weighted by atomic mass is 16.5. The van der Waals surface area contributed by atoms with Crippen LogP contribution in [-0.4, -0.2) is 27.4 Å². The predicted octanol–water partition coefficient (Wildman–Crippen LogP) is 3.18. The lowest BCUT2D eigenvalue weighted by atomic mass is 10.2. The summed E-state index contributed by atoms with van der Waals surface area (Å²) in [7, 11) is 0. The van der Waals surface area contributed by atoms with Crippen molar-refractivity contribution >= 4 is 16.7 Å². The number of nitrogen functional groups attached to an aromatic ring is 1. The molecule has 1 aromatic heterocycles. The third kappa shape index (κ3) is 3.51. The van der Waals surface area contributed by atoms with Gasteiger partial charge in [0, 0.05) is 11.6 Å². The average Bonchev–Trinajstić information content (AvgIpc) is 2.93. The van der Waals surface area contributed by atoms with Gasteiger partial charge in [-0.05, 0) is 36.4 Å². The minimum absolute atomic E-state index is 0.216. The molecule has 3 N–H and O–H groups in total. The maximum absolute atomic E-state index is 10.4. The summed E-state index contributed by atoms with van der Waals surface area (Å²) in [5.41, 5.74) is 8.33. The Morgan fingerprint density at radius 2 is 1.83 bits per heavy atom. The number of imidazole rings is 1. The van der Waals surface area contributed by atoms with Crippen LogP contribution in [0, 0.1) is 0 Å². The van der Waals surface area contributed by atoms with Gasteiger partial charge in [-0.15, -0.1) is 0 Å². The molecule has 0 fully saturated rings. The van der Waals surface area contributed by atoms with E-state index in [1.165, 1.54) is 0 Å². The zero-order chi connectivity index (χ0) is 17.1. The third-order valence-corrected chi connectivity index (χ3v) is 3.92. The normalized spacial score (nSPS) is 12.7. The molecular formula is C19H23N3O2.